The van der Waals surface area contributed by atoms with E-state index < -0.39 is 0 Å². The molecule has 1 rings (SSSR count). The van der Waals surface area contributed by atoms with Crippen LogP contribution in [0.3, 0.4) is 0 Å². The molecule has 0 bridgehead atoms. The van der Waals surface area contributed by atoms with Crippen molar-refractivity contribution in [1.82, 2.24) is 9.80 Å². The fourth-order valence-corrected chi connectivity index (χ4v) is 1.98. The molecule has 0 aromatic carbocycles. The molecule has 1 aliphatic heterocycles. The minimum atomic E-state index is 0.270. The topological polar surface area (TPSA) is 23.6 Å². The summed E-state index contributed by atoms with van der Waals surface area (Å²) in [5.74, 6) is 0.774. The van der Waals surface area contributed by atoms with Gasteiger partial charge >= 0.3 is 0 Å². The molecule has 1 aliphatic rings. The van der Waals surface area contributed by atoms with Crippen LogP contribution in [-0.2, 0) is 4.79 Å². The lowest BCUT2D eigenvalue weighted by atomic mass is 10.1. The summed E-state index contributed by atoms with van der Waals surface area (Å²) >= 11 is 0. The molecule has 1 amide bonds. The van der Waals surface area contributed by atoms with E-state index in [-0.39, 0.29) is 12.1 Å². The Labute approximate surface area is 74.3 Å². The lowest BCUT2D eigenvalue weighted by molar-refractivity contribution is -0.143. The highest BCUT2D eigenvalue weighted by molar-refractivity contribution is 5.77. The summed E-state index contributed by atoms with van der Waals surface area (Å²) in [6.07, 6.45) is 0.946. The quantitative estimate of drug-likeness (QED) is 0.580. The molecule has 0 saturated carbocycles. The van der Waals surface area contributed by atoms with Crippen molar-refractivity contribution in [2.24, 2.45) is 5.92 Å². The average Bonchev–Trinajstić information content (AvgIpc) is 1.97. The molecule has 3 nitrogen and oxygen atoms in total. The Morgan fingerprint density at radius 1 is 1.42 bits per heavy atom. The number of carbonyl (C=O) groups is 1. The fourth-order valence-electron chi connectivity index (χ4n) is 1.98. The van der Waals surface area contributed by atoms with Crippen molar-refractivity contribution in [2.45, 2.75) is 26.4 Å². The van der Waals surface area contributed by atoms with E-state index in [4.69, 9.17) is 0 Å². The summed E-state index contributed by atoms with van der Waals surface area (Å²) in [5, 5.41) is 0. The SMILES string of the molecule is CC(C)[C@@H]1N(C)CCC(=O)N1C. The molecule has 12 heavy (non-hydrogen) atoms. The molecule has 1 atom stereocenters. The van der Waals surface area contributed by atoms with E-state index in [9.17, 15) is 4.79 Å². The highest BCUT2D eigenvalue weighted by Crippen LogP contribution is 2.18. The number of carbonyl (C=O) groups excluding carboxylic acids is 1. The maximum absolute atomic E-state index is 11.4. The molecule has 0 spiro atoms. The molecular formula is C9H18N2O. The van der Waals surface area contributed by atoms with Gasteiger partial charge in [-0.3, -0.25) is 9.69 Å². The Hall–Kier alpha value is -0.570. The highest BCUT2D eigenvalue weighted by atomic mass is 16.2. The van der Waals surface area contributed by atoms with Gasteiger partial charge in [-0.15, -0.1) is 0 Å². The number of amides is 1. The summed E-state index contributed by atoms with van der Waals surface area (Å²) in [7, 11) is 3.97. The van der Waals surface area contributed by atoms with Gasteiger partial charge in [-0.25, -0.2) is 0 Å². The van der Waals surface area contributed by atoms with Crippen LogP contribution in [0.5, 0.6) is 0 Å². The summed E-state index contributed by atoms with van der Waals surface area (Å²) in [6, 6.07) is 0. The maximum atomic E-state index is 11.4. The van der Waals surface area contributed by atoms with E-state index in [0.717, 1.165) is 6.54 Å². The summed E-state index contributed by atoms with van der Waals surface area (Å²) < 4.78 is 0. The predicted molar refractivity (Wildman–Crippen MR) is 48.6 cm³/mol. The number of rotatable bonds is 1. The minimum absolute atomic E-state index is 0.270. The second-order valence-electron chi connectivity index (χ2n) is 3.89. The van der Waals surface area contributed by atoms with E-state index in [1.54, 1.807) is 0 Å². The average molecular weight is 170 g/mol. The highest BCUT2D eigenvalue weighted by Gasteiger charge is 2.30. The molecule has 0 aromatic rings. The van der Waals surface area contributed by atoms with Crippen molar-refractivity contribution in [3.8, 4) is 0 Å². The second kappa shape index (κ2) is 3.44. The minimum Gasteiger partial charge on any atom is -0.330 e. The lowest BCUT2D eigenvalue weighted by Crippen LogP contribution is -2.55. The standard InChI is InChI=1S/C9H18N2O/c1-7(2)9-10(3)6-5-8(12)11(9)4/h7,9H,5-6H2,1-4H3/t9-/m1/s1. The van der Waals surface area contributed by atoms with E-state index in [2.05, 4.69) is 25.8 Å². The van der Waals surface area contributed by atoms with Crippen LogP contribution in [0.1, 0.15) is 20.3 Å². The summed E-state index contributed by atoms with van der Waals surface area (Å²) in [4.78, 5) is 15.5. The van der Waals surface area contributed by atoms with Crippen molar-refractivity contribution in [1.29, 1.82) is 0 Å². The first-order valence-electron chi connectivity index (χ1n) is 4.50. The second-order valence-corrected chi connectivity index (χ2v) is 3.89. The normalized spacial score (nSPS) is 26.9. The van der Waals surface area contributed by atoms with Crippen LogP contribution in [0.4, 0.5) is 0 Å². The van der Waals surface area contributed by atoms with Gasteiger partial charge in [0.15, 0.2) is 0 Å². The zero-order chi connectivity index (χ0) is 9.30. The monoisotopic (exact) mass is 170 g/mol. The molecule has 0 aliphatic carbocycles. The Morgan fingerprint density at radius 3 is 2.42 bits per heavy atom. The van der Waals surface area contributed by atoms with Gasteiger partial charge in [0.1, 0.15) is 0 Å². The Morgan fingerprint density at radius 2 is 2.00 bits per heavy atom. The first-order chi connectivity index (χ1) is 5.54. The van der Waals surface area contributed by atoms with Gasteiger partial charge in [0.2, 0.25) is 5.91 Å². The summed E-state index contributed by atoms with van der Waals surface area (Å²) in [6.45, 7) is 5.19. The van der Waals surface area contributed by atoms with Crippen molar-refractivity contribution < 1.29 is 4.79 Å². The third-order valence-electron chi connectivity index (χ3n) is 2.52. The van der Waals surface area contributed by atoms with Crippen LogP contribution in [0.2, 0.25) is 0 Å². The molecule has 0 N–H and O–H groups in total. The molecule has 1 heterocycles. The molecule has 70 valence electrons. The zero-order valence-electron chi connectivity index (χ0n) is 8.37. The molecule has 0 radical (unpaired) electrons. The smallest absolute Gasteiger partial charge is 0.224 e. The van der Waals surface area contributed by atoms with Crippen LogP contribution < -0.4 is 0 Å². The van der Waals surface area contributed by atoms with Gasteiger partial charge < -0.3 is 4.90 Å². The van der Waals surface area contributed by atoms with Gasteiger partial charge in [-0.1, -0.05) is 13.8 Å². The molecule has 0 unspecified atom stereocenters. The van der Waals surface area contributed by atoms with Gasteiger partial charge in [0.25, 0.3) is 0 Å². The first-order valence-corrected chi connectivity index (χ1v) is 4.50. The third kappa shape index (κ3) is 1.61. The van der Waals surface area contributed by atoms with Gasteiger partial charge in [-0.05, 0) is 13.0 Å². The van der Waals surface area contributed by atoms with Crippen molar-refractivity contribution in [2.75, 3.05) is 20.6 Å². The first kappa shape index (κ1) is 9.52. The van der Waals surface area contributed by atoms with Crippen LogP contribution in [0.15, 0.2) is 0 Å². The molecule has 3 heteroatoms. The van der Waals surface area contributed by atoms with Crippen molar-refractivity contribution in [3.63, 3.8) is 0 Å². The third-order valence-corrected chi connectivity index (χ3v) is 2.52. The van der Waals surface area contributed by atoms with Crippen LogP contribution in [0, 0.1) is 5.92 Å². The van der Waals surface area contributed by atoms with E-state index in [1.165, 1.54) is 0 Å². The molecule has 1 fully saturated rings. The van der Waals surface area contributed by atoms with Gasteiger partial charge in [0.05, 0.1) is 6.17 Å². The van der Waals surface area contributed by atoms with Gasteiger partial charge in [-0.2, -0.15) is 0 Å². The number of nitrogens with zero attached hydrogens (tertiary/aromatic N) is 2. The Balaban J connectivity index is 2.71. The largest absolute Gasteiger partial charge is 0.330 e. The zero-order valence-corrected chi connectivity index (χ0v) is 8.37. The molecule has 1 saturated heterocycles. The fraction of sp³-hybridized carbons (Fsp3) is 0.889. The Bertz CT molecular complexity index is 179. The lowest BCUT2D eigenvalue weighted by Gasteiger charge is -2.42. The molecule has 0 aromatic heterocycles. The van der Waals surface area contributed by atoms with E-state index in [1.807, 2.05) is 11.9 Å². The van der Waals surface area contributed by atoms with E-state index in [0.29, 0.717) is 12.3 Å². The van der Waals surface area contributed by atoms with Crippen molar-refractivity contribution >= 4 is 5.91 Å². The van der Waals surface area contributed by atoms with Gasteiger partial charge in [0, 0.05) is 20.0 Å². The van der Waals surface area contributed by atoms with Crippen molar-refractivity contribution in [3.05, 3.63) is 0 Å². The summed E-state index contributed by atoms with van der Waals surface area (Å²) in [5.41, 5.74) is 0. The maximum Gasteiger partial charge on any atom is 0.224 e. The van der Waals surface area contributed by atoms with E-state index >= 15 is 0 Å². The Kier molecular flexibility index (Phi) is 2.73. The number of hydrogen-bond donors (Lipinski definition) is 0. The van der Waals surface area contributed by atoms with Crippen LogP contribution in [0.25, 0.3) is 0 Å². The van der Waals surface area contributed by atoms with Crippen LogP contribution >= 0.6 is 0 Å². The molecular weight excluding hydrogens is 152 g/mol. The predicted octanol–water partition coefficient (Wildman–Crippen LogP) is 0.762. The number of hydrogen-bond acceptors (Lipinski definition) is 2. The van der Waals surface area contributed by atoms with Crippen LogP contribution in [-0.4, -0.2) is 42.5 Å².